The molecular formula is C26H24FN5O2+2. The van der Waals surface area contributed by atoms with Crippen molar-refractivity contribution in [2.75, 3.05) is 16.0 Å². The van der Waals surface area contributed by atoms with Gasteiger partial charge in [0.25, 0.3) is 11.8 Å². The van der Waals surface area contributed by atoms with Crippen LogP contribution in [0.25, 0.3) is 0 Å². The lowest BCUT2D eigenvalue weighted by Crippen LogP contribution is -2.26. The van der Waals surface area contributed by atoms with E-state index in [1.807, 2.05) is 60.1 Å². The fraction of sp³-hybridized carbons (Fsp3) is 0.0769. The van der Waals surface area contributed by atoms with Gasteiger partial charge in [0.05, 0.1) is 17.1 Å². The Morgan fingerprint density at radius 3 is 1.62 bits per heavy atom. The number of benzene rings is 2. The zero-order valence-electron chi connectivity index (χ0n) is 18.7. The van der Waals surface area contributed by atoms with Crippen LogP contribution in [0.2, 0.25) is 0 Å². The summed E-state index contributed by atoms with van der Waals surface area (Å²) in [7, 11) is 3.79. The van der Waals surface area contributed by atoms with Crippen LogP contribution in [-0.2, 0) is 14.1 Å². The molecule has 0 saturated heterocycles. The topological polar surface area (TPSA) is 78.0 Å². The third kappa shape index (κ3) is 5.60. The highest BCUT2D eigenvalue weighted by Gasteiger charge is 2.12. The van der Waals surface area contributed by atoms with E-state index < -0.39 is 11.7 Å². The number of hydrogen-bond acceptors (Lipinski definition) is 3. The Hall–Kier alpha value is -4.59. The van der Waals surface area contributed by atoms with Crippen molar-refractivity contribution in [2.24, 2.45) is 14.1 Å². The maximum atomic E-state index is 14.5. The molecule has 2 amide bonds. The number of amides is 2. The van der Waals surface area contributed by atoms with Crippen LogP contribution in [0, 0.1) is 5.82 Å². The van der Waals surface area contributed by atoms with Crippen LogP contribution < -0.4 is 25.1 Å². The summed E-state index contributed by atoms with van der Waals surface area (Å²) < 4.78 is 18.3. The van der Waals surface area contributed by atoms with Crippen LogP contribution in [0.5, 0.6) is 0 Å². The molecule has 170 valence electrons. The lowest BCUT2D eigenvalue weighted by molar-refractivity contribution is -0.671. The number of carbonyl (C=O) groups is 2. The lowest BCUT2D eigenvalue weighted by atomic mass is 10.1. The van der Waals surface area contributed by atoms with Crippen molar-refractivity contribution in [1.82, 2.24) is 0 Å². The van der Waals surface area contributed by atoms with Crippen molar-refractivity contribution >= 4 is 34.6 Å². The first-order chi connectivity index (χ1) is 16.4. The number of carbonyl (C=O) groups excluding carboxylic acids is 2. The minimum absolute atomic E-state index is 0.279. The minimum Gasteiger partial charge on any atom is -0.353 e. The molecule has 0 saturated carbocycles. The van der Waals surface area contributed by atoms with E-state index in [-0.39, 0.29) is 5.91 Å². The van der Waals surface area contributed by atoms with Crippen molar-refractivity contribution < 1.29 is 23.1 Å². The van der Waals surface area contributed by atoms with Crippen LogP contribution in [0.3, 0.4) is 0 Å². The Labute approximate surface area is 196 Å². The van der Waals surface area contributed by atoms with Crippen LogP contribution in [0.4, 0.5) is 27.1 Å². The van der Waals surface area contributed by atoms with Crippen molar-refractivity contribution in [1.29, 1.82) is 0 Å². The van der Waals surface area contributed by atoms with E-state index in [9.17, 15) is 14.0 Å². The van der Waals surface area contributed by atoms with Gasteiger partial charge in [-0.3, -0.25) is 9.59 Å². The molecule has 3 N–H and O–H groups in total. The molecule has 0 fully saturated rings. The highest BCUT2D eigenvalue weighted by molar-refractivity contribution is 6.07. The molecule has 4 rings (SSSR count). The molecule has 0 unspecified atom stereocenters. The van der Waals surface area contributed by atoms with Crippen LogP contribution >= 0.6 is 0 Å². The SMILES string of the molecule is C[n+]1ccc(NC(=O)c2ccc(C(=O)Nc3ccc(Nc4cc[n+](C)cc4)c(F)c3)cc2)cc1. The van der Waals surface area contributed by atoms with Crippen LogP contribution in [0.1, 0.15) is 20.7 Å². The maximum Gasteiger partial charge on any atom is 0.255 e. The first kappa shape index (κ1) is 22.6. The highest BCUT2D eigenvalue weighted by atomic mass is 19.1. The van der Waals surface area contributed by atoms with E-state index in [1.54, 1.807) is 48.5 Å². The summed E-state index contributed by atoms with van der Waals surface area (Å²) in [6, 6.07) is 17.9. The van der Waals surface area contributed by atoms with Gasteiger partial charge in [0.2, 0.25) is 0 Å². The van der Waals surface area contributed by atoms with Gasteiger partial charge in [-0.1, -0.05) is 0 Å². The van der Waals surface area contributed by atoms with Gasteiger partial charge in [-0.25, -0.2) is 13.5 Å². The molecule has 0 aliphatic heterocycles. The number of aryl methyl sites for hydroxylation is 2. The predicted molar refractivity (Wildman–Crippen MR) is 127 cm³/mol. The van der Waals surface area contributed by atoms with Crippen molar-refractivity contribution in [3.63, 3.8) is 0 Å². The smallest absolute Gasteiger partial charge is 0.255 e. The molecule has 7 nitrogen and oxygen atoms in total. The van der Waals surface area contributed by atoms with Crippen molar-refractivity contribution in [3.05, 3.63) is 108 Å². The fourth-order valence-electron chi connectivity index (χ4n) is 3.20. The van der Waals surface area contributed by atoms with Crippen LogP contribution in [0.15, 0.2) is 91.5 Å². The maximum absolute atomic E-state index is 14.5. The Kier molecular flexibility index (Phi) is 6.59. The summed E-state index contributed by atoms with van der Waals surface area (Å²) in [6.07, 6.45) is 7.36. The van der Waals surface area contributed by atoms with Gasteiger partial charge >= 0.3 is 0 Å². The Morgan fingerprint density at radius 1 is 0.647 bits per heavy atom. The molecule has 2 aromatic carbocycles. The van der Waals surface area contributed by atoms with E-state index >= 15 is 0 Å². The first-order valence-corrected chi connectivity index (χ1v) is 10.6. The highest BCUT2D eigenvalue weighted by Crippen LogP contribution is 2.23. The molecular weight excluding hydrogens is 433 g/mol. The van der Waals surface area contributed by atoms with Crippen molar-refractivity contribution in [2.45, 2.75) is 0 Å². The van der Waals surface area contributed by atoms with E-state index in [0.717, 1.165) is 5.69 Å². The standard InChI is InChI=1S/C26H22FN5O2/c1-31-13-9-20(10-14-31)28-24-8-7-22(17-23(24)27)30-26(34)19-5-3-18(4-6-19)25(33)29-21-11-15-32(2)16-12-21/h3-17H,1-2H3,(H,30,34)/p+2. The monoisotopic (exact) mass is 457 g/mol. The second kappa shape index (κ2) is 9.91. The zero-order chi connectivity index (χ0) is 24.1. The molecule has 2 aromatic heterocycles. The molecule has 0 aliphatic carbocycles. The van der Waals surface area contributed by atoms with Crippen molar-refractivity contribution in [3.8, 4) is 0 Å². The summed E-state index contributed by atoms with van der Waals surface area (Å²) in [6.45, 7) is 0. The zero-order valence-corrected chi connectivity index (χ0v) is 18.7. The molecule has 4 aromatic rings. The number of hydrogen-bond donors (Lipinski definition) is 3. The average Bonchev–Trinajstić information content (AvgIpc) is 2.83. The lowest BCUT2D eigenvalue weighted by Gasteiger charge is -2.10. The molecule has 0 atom stereocenters. The Bertz CT molecular complexity index is 1320. The second-order valence-electron chi connectivity index (χ2n) is 7.81. The largest absolute Gasteiger partial charge is 0.353 e. The third-order valence-electron chi connectivity index (χ3n) is 5.13. The van der Waals surface area contributed by atoms with E-state index in [2.05, 4.69) is 16.0 Å². The van der Waals surface area contributed by atoms with Gasteiger partial charge < -0.3 is 16.0 Å². The number of nitrogens with one attached hydrogen (secondary N) is 3. The summed E-state index contributed by atoms with van der Waals surface area (Å²) >= 11 is 0. The molecule has 34 heavy (non-hydrogen) atoms. The van der Waals surface area contributed by atoms with Gasteiger partial charge in [0.15, 0.2) is 24.8 Å². The number of pyridine rings is 2. The summed E-state index contributed by atoms with van der Waals surface area (Å²) in [4.78, 5) is 25.0. The predicted octanol–water partition coefficient (Wildman–Crippen LogP) is 3.72. The molecule has 0 aliphatic rings. The summed E-state index contributed by atoms with van der Waals surface area (Å²) in [5.41, 5.74) is 2.81. The van der Waals surface area contributed by atoms with E-state index in [1.165, 1.54) is 6.07 Å². The Balaban J connectivity index is 1.38. The third-order valence-corrected chi connectivity index (χ3v) is 5.13. The molecule has 0 radical (unpaired) electrons. The normalized spacial score (nSPS) is 10.4. The van der Waals surface area contributed by atoms with Gasteiger partial charge in [0.1, 0.15) is 19.9 Å². The van der Waals surface area contributed by atoms with E-state index in [4.69, 9.17) is 0 Å². The molecule has 0 spiro atoms. The number of nitrogens with zero attached hydrogens (tertiary/aromatic N) is 2. The summed E-state index contributed by atoms with van der Waals surface area (Å²) in [5, 5.41) is 8.49. The molecule has 2 heterocycles. The van der Waals surface area contributed by atoms with Gasteiger partial charge in [-0.15, -0.1) is 0 Å². The van der Waals surface area contributed by atoms with E-state index in [0.29, 0.717) is 28.2 Å². The average molecular weight is 458 g/mol. The molecule has 0 bridgehead atoms. The number of anilines is 4. The Morgan fingerprint density at radius 2 is 1.12 bits per heavy atom. The second-order valence-corrected chi connectivity index (χ2v) is 7.81. The first-order valence-electron chi connectivity index (χ1n) is 10.6. The minimum atomic E-state index is -0.493. The number of rotatable bonds is 6. The molecule has 8 heteroatoms. The van der Waals surface area contributed by atoms with Gasteiger partial charge in [0, 0.05) is 41.1 Å². The quantitative estimate of drug-likeness (QED) is 0.386. The summed E-state index contributed by atoms with van der Waals surface area (Å²) in [5.74, 6) is -1.18. The van der Waals surface area contributed by atoms with Crippen LogP contribution in [-0.4, -0.2) is 11.8 Å². The fourth-order valence-corrected chi connectivity index (χ4v) is 3.20. The number of aromatic nitrogens is 2. The number of halogens is 1. The van der Waals surface area contributed by atoms with Gasteiger partial charge in [-0.2, -0.15) is 0 Å². The van der Waals surface area contributed by atoms with Gasteiger partial charge in [-0.05, 0) is 42.5 Å².